The summed E-state index contributed by atoms with van der Waals surface area (Å²) in [5.74, 6) is 2.36. The maximum Gasteiger partial charge on any atom is 0.247 e. The number of para-hydroxylation sites is 1. The Bertz CT molecular complexity index is 904. The highest BCUT2D eigenvalue weighted by Crippen LogP contribution is 2.38. The molecule has 0 saturated heterocycles. The fourth-order valence-corrected chi connectivity index (χ4v) is 4.58. The van der Waals surface area contributed by atoms with Crippen LogP contribution in [-0.4, -0.2) is 37.5 Å². The molecule has 4 rings (SSSR count). The van der Waals surface area contributed by atoms with Crippen LogP contribution in [-0.2, 0) is 23.0 Å². The van der Waals surface area contributed by atoms with Gasteiger partial charge in [-0.05, 0) is 12.1 Å². The average Bonchev–Trinajstić information content (AvgIpc) is 3.05. The average molecular weight is 364 g/mol. The Morgan fingerprint density at radius 2 is 2.00 bits per heavy atom. The van der Waals surface area contributed by atoms with Gasteiger partial charge in [0, 0.05) is 18.9 Å². The molecular formula is C17H20N2O5S. The number of hydrogen-bond acceptors (Lipinski definition) is 6. The topological polar surface area (TPSA) is 81.9 Å². The molecule has 25 heavy (non-hydrogen) atoms. The van der Waals surface area contributed by atoms with Crippen molar-refractivity contribution in [1.82, 2.24) is 9.29 Å². The van der Waals surface area contributed by atoms with Gasteiger partial charge < -0.3 is 13.9 Å². The van der Waals surface area contributed by atoms with E-state index in [2.05, 4.69) is 4.98 Å². The van der Waals surface area contributed by atoms with Gasteiger partial charge in [-0.1, -0.05) is 19.9 Å². The summed E-state index contributed by atoms with van der Waals surface area (Å²) in [6, 6.07) is 4.94. The van der Waals surface area contributed by atoms with Gasteiger partial charge in [-0.15, -0.1) is 0 Å². The maximum absolute atomic E-state index is 13.1. The summed E-state index contributed by atoms with van der Waals surface area (Å²) in [7, 11) is -3.71. The summed E-state index contributed by atoms with van der Waals surface area (Å²) in [6.45, 7) is 5.31. The number of sulfonamides is 1. The first kappa shape index (κ1) is 16.4. The number of fused-ring (bicyclic) bond motifs is 2. The monoisotopic (exact) mass is 364 g/mol. The molecule has 0 aliphatic carbocycles. The third kappa shape index (κ3) is 2.79. The van der Waals surface area contributed by atoms with Crippen LogP contribution in [0.4, 0.5) is 0 Å². The third-order valence-electron chi connectivity index (χ3n) is 4.35. The molecule has 0 radical (unpaired) electrons. The third-order valence-corrected chi connectivity index (χ3v) is 6.22. The van der Waals surface area contributed by atoms with E-state index in [1.54, 1.807) is 18.2 Å². The van der Waals surface area contributed by atoms with E-state index in [4.69, 9.17) is 13.9 Å². The molecule has 2 aliphatic heterocycles. The Balaban J connectivity index is 1.68. The van der Waals surface area contributed by atoms with Crippen molar-refractivity contribution in [3.8, 4) is 11.5 Å². The summed E-state index contributed by atoms with van der Waals surface area (Å²) in [5.41, 5.74) is 0.695. The van der Waals surface area contributed by atoms with Gasteiger partial charge in [-0.3, -0.25) is 0 Å². The molecule has 0 fully saturated rings. The second-order valence-electron chi connectivity index (χ2n) is 6.45. The van der Waals surface area contributed by atoms with Gasteiger partial charge in [0.15, 0.2) is 17.4 Å². The minimum Gasteiger partial charge on any atom is -0.486 e. The van der Waals surface area contributed by atoms with Gasteiger partial charge in [0.25, 0.3) is 0 Å². The number of ether oxygens (including phenoxy) is 2. The minimum atomic E-state index is -3.71. The normalized spacial score (nSPS) is 17.6. The lowest BCUT2D eigenvalue weighted by molar-refractivity contribution is 0.166. The molecule has 0 atom stereocenters. The molecule has 2 aliphatic rings. The molecule has 0 saturated carbocycles. The molecule has 1 aromatic carbocycles. The summed E-state index contributed by atoms with van der Waals surface area (Å²) >= 11 is 0. The van der Waals surface area contributed by atoms with E-state index in [0.717, 1.165) is 5.76 Å². The number of nitrogens with zero attached hydrogens (tertiary/aromatic N) is 2. The second-order valence-corrected chi connectivity index (χ2v) is 8.35. The predicted molar refractivity (Wildman–Crippen MR) is 89.3 cm³/mol. The molecule has 8 heteroatoms. The molecule has 7 nitrogen and oxygen atoms in total. The number of rotatable bonds is 3. The largest absolute Gasteiger partial charge is 0.486 e. The van der Waals surface area contributed by atoms with Gasteiger partial charge in [-0.25, -0.2) is 13.4 Å². The first-order valence-corrected chi connectivity index (χ1v) is 9.78. The van der Waals surface area contributed by atoms with E-state index in [1.165, 1.54) is 4.31 Å². The lowest BCUT2D eigenvalue weighted by Gasteiger charge is -2.27. The summed E-state index contributed by atoms with van der Waals surface area (Å²) in [4.78, 5) is 4.61. The van der Waals surface area contributed by atoms with E-state index >= 15 is 0 Å². The summed E-state index contributed by atoms with van der Waals surface area (Å²) in [5, 5.41) is 0. The molecule has 2 aromatic rings. The number of benzene rings is 1. The Morgan fingerprint density at radius 3 is 2.80 bits per heavy atom. The lowest BCUT2D eigenvalue weighted by Crippen LogP contribution is -2.36. The van der Waals surface area contributed by atoms with Crippen molar-refractivity contribution in [3.63, 3.8) is 0 Å². The van der Waals surface area contributed by atoms with Crippen molar-refractivity contribution in [3.05, 3.63) is 35.5 Å². The first-order chi connectivity index (χ1) is 12.0. The first-order valence-electron chi connectivity index (χ1n) is 8.34. The van der Waals surface area contributed by atoms with Crippen LogP contribution in [0.5, 0.6) is 11.5 Å². The molecule has 0 bridgehead atoms. The van der Waals surface area contributed by atoms with E-state index < -0.39 is 10.0 Å². The molecule has 3 heterocycles. The van der Waals surface area contributed by atoms with E-state index in [0.29, 0.717) is 49.3 Å². The summed E-state index contributed by atoms with van der Waals surface area (Å²) < 4.78 is 44.5. The van der Waals surface area contributed by atoms with E-state index in [-0.39, 0.29) is 17.4 Å². The quantitative estimate of drug-likeness (QED) is 0.831. The minimum absolute atomic E-state index is 0.140. The molecule has 134 valence electrons. The van der Waals surface area contributed by atoms with Crippen molar-refractivity contribution in [2.24, 2.45) is 0 Å². The number of oxazole rings is 1. The fourth-order valence-electron chi connectivity index (χ4n) is 3.04. The Morgan fingerprint density at radius 1 is 1.20 bits per heavy atom. The maximum atomic E-state index is 13.1. The molecule has 0 N–H and O–H groups in total. The van der Waals surface area contributed by atoms with E-state index in [1.807, 2.05) is 13.8 Å². The molecule has 0 unspecified atom stereocenters. The second kappa shape index (κ2) is 6.03. The molecule has 0 spiro atoms. The van der Waals surface area contributed by atoms with Gasteiger partial charge in [0.1, 0.15) is 23.9 Å². The van der Waals surface area contributed by atoms with Crippen molar-refractivity contribution >= 4 is 10.0 Å². The van der Waals surface area contributed by atoms with Crippen LogP contribution in [0.2, 0.25) is 0 Å². The molecule has 0 amide bonds. The van der Waals surface area contributed by atoms with Crippen molar-refractivity contribution in [2.75, 3.05) is 19.8 Å². The highest BCUT2D eigenvalue weighted by Gasteiger charge is 2.35. The smallest absolute Gasteiger partial charge is 0.247 e. The van der Waals surface area contributed by atoms with Crippen molar-refractivity contribution in [1.29, 1.82) is 0 Å². The van der Waals surface area contributed by atoms with Crippen molar-refractivity contribution in [2.45, 2.75) is 37.6 Å². The SMILES string of the molecule is CC(C)c1nc2c(o1)CCN(S(=O)(=O)c1cccc3c1OCCO3)C2. The molecular weight excluding hydrogens is 344 g/mol. The van der Waals surface area contributed by atoms with Crippen molar-refractivity contribution < 1.29 is 22.3 Å². The number of aromatic nitrogens is 1. The van der Waals surface area contributed by atoms with Gasteiger partial charge in [-0.2, -0.15) is 4.31 Å². The van der Waals surface area contributed by atoms with Crippen LogP contribution >= 0.6 is 0 Å². The zero-order chi connectivity index (χ0) is 17.6. The van der Waals surface area contributed by atoms with Crippen LogP contribution in [0, 0.1) is 0 Å². The highest BCUT2D eigenvalue weighted by atomic mass is 32.2. The van der Waals surface area contributed by atoms with Gasteiger partial charge in [0.05, 0.1) is 12.2 Å². The summed E-state index contributed by atoms with van der Waals surface area (Å²) in [6.07, 6.45) is 0.515. The Labute approximate surface area is 146 Å². The number of hydrogen-bond donors (Lipinski definition) is 0. The van der Waals surface area contributed by atoms with Crippen LogP contribution in [0.3, 0.4) is 0 Å². The lowest BCUT2D eigenvalue weighted by atomic mass is 10.2. The van der Waals surface area contributed by atoms with Gasteiger partial charge in [0.2, 0.25) is 10.0 Å². The van der Waals surface area contributed by atoms with Gasteiger partial charge >= 0.3 is 0 Å². The highest BCUT2D eigenvalue weighted by molar-refractivity contribution is 7.89. The zero-order valence-corrected chi connectivity index (χ0v) is 15.0. The zero-order valence-electron chi connectivity index (χ0n) is 14.2. The van der Waals surface area contributed by atoms with Crippen LogP contribution in [0.1, 0.15) is 37.1 Å². The molecule has 1 aromatic heterocycles. The fraction of sp³-hybridized carbons (Fsp3) is 0.471. The predicted octanol–water partition coefficient (Wildman–Crippen LogP) is 2.32. The van der Waals surface area contributed by atoms with Crippen LogP contribution < -0.4 is 9.47 Å². The van der Waals surface area contributed by atoms with Crippen LogP contribution in [0.15, 0.2) is 27.5 Å². The Hall–Kier alpha value is -2.06. The standard InChI is InChI=1S/C17H20N2O5S/c1-11(2)17-18-12-10-19(7-6-13(12)24-17)25(20,21)15-5-3-4-14-16(15)23-9-8-22-14/h3-5,11H,6-10H2,1-2H3. The van der Waals surface area contributed by atoms with E-state index in [9.17, 15) is 8.42 Å². The Kier molecular flexibility index (Phi) is 3.96. The van der Waals surface area contributed by atoms with Crippen LogP contribution in [0.25, 0.3) is 0 Å².